The van der Waals surface area contributed by atoms with Crippen LogP contribution in [0.2, 0.25) is 0 Å². The Morgan fingerprint density at radius 2 is 0.810 bits per heavy atom. The van der Waals surface area contributed by atoms with Crippen molar-refractivity contribution in [2.75, 3.05) is 0 Å². The van der Waals surface area contributed by atoms with Crippen LogP contribution in [0, 0.1) is 0 Å². The predicted octanol–water partition coefficient (Wildman–Crippen LogP) is 15.2. The van der Waals surface area contributed by atoms with E-state index < -0.39 is 0 Å². The molecule has 0 N–H and O–H groups in total. The molecule has 10 aromatic carbocycles. The highest BCUT2D eigenvalue weighted by Gasteiger charge is 2.22. The van der Waals surface area contributed by atoms with Crippen molar-refractivity contribution in [3.8, 4) is 55.9 Å². The quantitative estimate of drug-likeness (QED) is 0.170. The molecule has 13 rings (SSSR count). The van der Waals surface area contributed by atoms with Gasteiger partial charge >= 0.3 is 0 Å². The van der Waals surface area contributed by atoms with Gasteiger partial charge in [0.15, 0.2) is 0 Å². The number of benzene rings is 10. The molecule has 1 aliphatic rings. The van der Waals surface area contributed by atoms with Crippen LogP contribution in [0.4, 0.5) is 0 Å². The van der Waals surface area contributed by atoms with Crippen molar-refractivity contribution < 1.29 is 0 Å². The molecular weight excluding hydrogens is 701 g/mol. The lowest BCUT2D eigenvalue weighted by atomic mass is 9.95. The number of para-hydroxylation sites is 3. The Bertz CT molecular complexity index is 3670. The summed E-state index contributed by atoms with van der Waals surface area (Å²) in [7, 11) is 0. The Morgan fingerprint density at radius 1 is 0.241 bits per heavy atom. The molecule has 0 aliphatic heterocycles. The molecule has 2 nitrogen and oxygen atoms in total. The standard InChI is InChI=1S/C56H34N2/c1-2-12-42(13-3-1)57-52-19-8-6-16-46(52)48-27-24-39(34-55(48)57)38-25-28-54-50(32-38)47-17-7-9-20-53(47)58(54)43-26-23-35-29-36(21-22-37(35)31-43)41-30-40-11-10-18-49-44-14-4-5-15-45(44)51(33-41)56(40)49/h1-34H. The Morgan fingerprint density at radius 3 is 1.66 bits per heavy atom. The van der Waals surface area contributed by atoms with Crippen molar-refractivity contribution in [1.82, 2.24) is 9.13 Å². The van der Waals surface area contributed by atoms with Gasteiger partial charge in [-0.05, 0) is 139 Å². The van der Waals surface area contributed by atoms with Gasteiger partial charge in [0.2, 0.25) is 0 Å². The summed E-state index contributed by atoms with van der Waals surface area (Å²) in [4.78, 5) is 0. The van der Waals surface area contributed by atoms with Gasteiger partial charge in [-0.1, -0.05) is 133 Å². The molecule has 2 heteroatoms. The molecule has 0 atom stereocenters. The van der Waals surface area contributed by atoms with Gasteiger partial charge in [0.05, 0.1) is 22.1 Å². The Balaban J connectivity index is 0.920. The van der Waals surface area contributed by atoms with E-state index in [9.17, 15) is 0 Å². The van der Waals surface area contributed by atoms with E-state index in [0.717, 1.165) is 5.69 Å². The van der Waals surface area contributed by atoms with Gasteiger partial charge in [-0.25, -0.2) is 0 Å². The fourth-order valence-corrected chi connectivity index (χ4v) is 9.97. The average molecular weight is 735 g/mol. The van der Waals surface area contributed by atoms with E-state index in [1.807, 2.05) is 0 Å². The van der Waals surface area contributed by atoms with Crippen molar-refractivity contribution >= 4 is 65.2 Å². The van der Waals surface area contributed by atoms with Crippen LogP contribution in [-0.4, -0.2) is 9.13 Å². The zero-order valence-electron chi connectivity index (χ0n) is 31.5. The topological polar surface area (TPSA) is 9.86 Å². The minimum Gasteiger partial charge on any atom is -0.309 e. The number of aromatic nitrogens is 2. The fourth-order valence-electron chi connectivity index (χ4n) is 9.97. The van der Waals surface area contributed by atoms with Crippen LogP contribution in [0.3, 0.4) is 0 Å². The third-order valence-electron chi connectivity index (χ3n) is 12.6. The first-order chi connectivity index (χ1) is 28.7. The predicted molar refractivity (Wildman–Crippen MR) is 245 cm³/mol. The van der Waals surface area contributed by atoms with Crippen molar-refractivity contribution in [3.63, 3.8) is 0 Å². The summed E-state index contributed by atoms with van der Waals surface area (Å²) in [5, 5.41) is 10.2. The van der Waals surface area contributed by atoms with Crippen molar-refractivity contribution in [2.24, 2.45) is 0 Å². The van der Waals surface area contributed by atoms with E-state index in [4.69, 9.17) is 0 Å². The fraction of sp³-hybridized carbons (Fsp3) is 0. The number of rotatable bonds is 4. The number of hydrogen-bond acceptors (Lipinski definition) is 0. The Hall–Kier alpha value is -7.68. The lowest BCUT2D eigenvalue weighted by Gasteiger charge is -2.12. The first-order valence-corrected chi connectivity index (χ1v) is 20.1. The van der Waals surface area contributed by atoms with E-state index in [-0.39, 0.29) is 0 Å². The van der Waals surface area contributed by atoms with Gasteiger partial charge < -0.3 is 9.13 Å². The van der Waals surface area contributed by atoms with E-state index in [2.05, 4.69) is 215 Å². The zero-order chi connectivity index (χ0) is 37.9. The summed E-state index contributed by atoms with van der Waals surface area (Å²) in [6.45, 7) is 0. The second kappa shape index (κ2) is 11.9. The molecule has 58 heavy (non-hydrogen) atoms. The minimum absolute atomic E-state index is 1.16. The maximum Gasteiger partial charge on any atom is 0.0547 e. The highest BCUT2D eigenvalue weighted by molar-refractivity contribution is 6.17. The third-order valence-corrected chi connectivity index (χ3v) is 12.6. The third kappa shape index (κ3) is 4.48. The molecule has 2 heterocycles. The number of hydrogen-bond donors (Lipinski definition) is 0. The van der Waals surface area contributed by atoms with E-state index in [1.54, 1.807) is 0 Å². The number of nitrogens with zero attached hydrogens (tertiary/aromatic N) is 2. The molecule has 12 aromatic rings. The SMILES string of the molecule is c1ccc(-n2c3ccccc3c3ccc(-c4ccc5c(c4)c4ccccc4n5-c4ccc5cc(-c6cc7c8c(cccc8c6)-c6ccccc6-7)ccc5c4)cc32)cc1. The monoisotopic (exact) mass is 734 g/mol. The lowest BCUT2D eigenvalue weighted by molar-refractivity contribution is 1.18. The molecule has 2 aromatic heterocycles. The van der Waals surface area contributed by atoms with Crippen molar-refractivity contribution in [2.45, 2.75) is 0 Å². The molecule has 0 amide bonds. The van der Waals surface area contributed by atoms with Gasteiger partial charge in [-0.15, -0.1) is 0 Å². The van der Waals surface area contributed by atoms with Crippen LogP contribution in [0.5, 0.6) is 0 Å². The van der Waals surface area contributed by atoms with Crippen LogP contribution in [0.25, 0.3) is 121 Å². The molecule has 0 radical (unpaired) electrons. The van der Waals surface area contributed by atoms with E-state index in [1.165, 1.54) is 115 Å². The van der Waals surface area contributed by atoms with Gasteiger partial charge in [0, 0.05) is 32.9 Å². The summed E-state index contributed by atoms with van der Waals surface area (Å²) < 4.78 is 4.82. The molecule has 0 spiro atoms. The summed E-state index contributed by atoms with van der Waals surface area (Å²) in [6.07, 6.45) is 0. The van der Waals surface area contributed by atoms with Gasteiger partial charge in [-0.2, -0.15) is 0 Å². The summed E-state index contributed by atoms with van der Waals surface area (Å²) in [5.41, 5.74) is 17.4. The van der Waals surface area contributed by atoms with Crippen LogP contribution in [0.1, 0.15) is 0 Å². The maximum atomic E-state index is 2.43. The van der Waals surface area contributed by atoms with Crippen molar-refractivity contribution in [3.05, 3.63) is 206 Å². The van der Waals surface area contributed by atoms with E-state index >= 15 is 0 Å². The van der Waals surface area contributed by atoms with E-state index in [0.29, 0.717) is 0 Å². The molecule has 1 aliphatic carbocycles. The molecule has 0 bridgehead atoms. The van der Waals surface area contributed by atoms with Crippen molar-refractivity contribution in [1.29, 1.82) is 0 Å². The summed E-state index contributed by atoms with van der Waals surface area (Å²) >= 11 is 0. The van der Waals surface area contributed by atoms with Crippen LogP contribution < -0.4 is 0 Å². The second-order valence-corrected chi connectivity index (χ2v) is 15.7. The Labute approximate surface area is 335 Å². The molecule has 0 saturated carbocycles. The molecule has 268 valence electrons. The molecular formula is C56H34N2. The first kappa shape index (κ1) is 31.5. The maximum absolute atomic E-state index is 2.43. The van der Waals surface area contributed by atoms with Gasteiger partial charge in [0.25, 0.3) is 0 Å². The number of fused-ring (bicyclic) bond motifs is 10. The van der Waals surface area contributed by atoms with Crippen LogP contribution in [-0.2, 0) is 0 Å². The first-order valence-electron chi connectivity index (χ1n) is 20.1. The highest BCUT2D eigenvalue weighted by atomic mass is 15.0. The molecule has 0 saturated heterocycles. The zero-order valence-corrected chi connectivity index (χ0v) is 31.5. The van der Waals surface area contributed by atoms with Crippen LogP contribution >= 0.6 is 0 Å². The highest BCUT2D eigenvalue weighted by Crippen LogP contribution is 2.49. The molecule has 0 fully saturated rings. The summed E-state index contributed by atoms with van der Waals surface area (Å²) in [6, 6.07) is 76.3. The lowest BCUT2D eigenvalue weighted by Crippen LogP contribution is -1.94. The molecule has 0 unspecified atom stereocenters. The smallest absolute Gasteiger partial charge is 0.0547 e. The minimum atomic E-state index is 1.16. The largest absolute Gasteiger partial charge is 0.309 e. The van der Waals surface area contributed by atoms with Gasteiger partial charge in [-0.3, -0.25) is 0 Å². The second-order valence-electron chi connectivity index (χ2n) is 15.7. The van der Waals surface area contributed by atoms with Crippen LogP contribution in [0.15, 0.2) is 206 Å². The Kier molecular flexibility index (Phi) is 6.47. The normalized spacial score (nSPS) is 12.1. The van der Waals surface area contributed by atoms with Gasteiger partial charge in [0.1, 0.15) is 0 Å². The average Bonchev–Trinajstić information content (AvgIpc) is 3.92. The summed E-state index contributed by atoms with van der Waals surface area (Å²) in [5.74, 6) is 0.